The van der Waals surface area contributed by atoms with Crippen molar-refractivity contribution < 1.29 is 45.5 Å². The first-order valence-electron chi connectivity index (χ1n) is 13.6. The number of nitrogens with zero attached hydrogens (tertiary/aromatic N) is 2. The smallest absolute Gasteiger partial charge is 0.356 e. The van der Waals surface area contributed by atoms with Gasteiger partial charge in [-0.3, -0.25) is 19.2 Å². The number of carbonyl (C=O) groups excluding carboxylic acids is 4. The van der Waals surface area contributed by atoms with Gasteiger partial charge in [-0.2, -0.15) is 27.2 Å². The summed E-state index contributed by atoms with van der Waals surface area (Å²) < 4.78 is 81.1. The predicted molar refractivity (Wildman–Crippen MR) is 129 cm³/mol. The maximum Gasteiger partial charge on any atom is 0.463 e. The van der Waals surface area contributed by atoms with Crippen molar-refractivity contribution in [3.63, 3.8) is 0 Å². The van der Waals surface area contributed by atoms with E-state index in [0.717, 1.165) is 4.90 Å². The molecule has 228 valence electrons. The number of carbonyl (C=O) groups is 4. The zero-order valence-electron chi connectivity index (χ0n) is 22.7. The van der Waals surface area contributed by atoms with Gasteiger partial charge >= 0.3 is 18.0 Å². The number of halogens is 6. The van der Waals surface area contributed by atoms with Gasteiger partial charge in [-0.15, -0.1) is 0 Å². The van der Waals surface area contributed by atoms with E-state index in [2.05, 4.69) is 10.6 Å². The largest absolute Gasteiger partial charge is 0.463 e. The van der Waals surface area contributed by atoms with Gasteiger partial charge in [0.05, 0.1) is 6.07 Å². The predicted octanol–water partition coefficient (Wildman–Crippen LogP) is 2.07. The molecule has 41 heavy (non-hydrogen) atoms. The molecule has 9 nitrogen and oxygen atoms in total. The molecule has 3 N–H and O–H groups in total. The molecule has 0 aromatic carbocycles. The Morgan fingerprint density at radius 3 is 2.29 bits per heavy atom. The Hall–Kier alpha value is -3.05. The van der Waals surface area contributed by atoms with Crippen molar-refractivity contribution in [2.45, 2.75) is 82.9 Å². The van der Waals surface area contributed by atoms with Crippen LogP contribution in [0.4, 0.5) is 26.3 Å². The number of fused-ring (bicyclic) bond motifs is 5. The van der Waals surface area contributed by atoms with Crippen molar-refractivity contribution >= 4 is 23.6 Å². The van der Waals surface area contributed by atoms with E-state index in [0.29, 0.717) is 19.4 Å². The van der Waals surface area contributed by atoms with Crippen LogP contribution in [-0.4, -0.2) is 78.0 Å². The van der Waals surface area contributed by atoms with Gasteiger partial charge in [-0.05, 0) is 54.8 Å². The third-order valence-corrected chi connectivity index (χ3v) is 9.01. The molecule has 2 bridgehead atoms. The lowest BCUT2D eigenvalue weighted by molar-refractivity contribution is -0.270. The minimum atomic E-state index is -6.20. The summed E-state index contributed by atoms with van der Waals surface area (Å²) in [5, 5.41) is 16.4. The summed E-state index contributed by atoms with van der Waals surface area (Å²) in [6.07, 6.45) is -6.31. The quantitative estimate of drug-likeness (QED) is 0.389. The maximum atomic E-state index is 14.8. The molecule has 2 aliphatic carbocycles. The highest BCUT2D eigenvalue weighted by atomic mass is 19.4. The summed E-state index contributed by atoms with van der Waals surface area (Å²) >= 11 is 0. The first-order chi connectivity index (χ1) is 18.9. The third kappa shape index (κ3) is 5.58. The van der Waals surface area contributed by atoms with Crippen molar-refractivity contribution in [1.82, 2.24) is 20.9 Å². The third-order valence-electron chi connectivity index (χ3n) is 9.01. The molecule has 9 atom stereocenters. The Bertz CT molecular complexity index is 1130. The second-order valence-corrected chi connectivity index (χ2v) is 12.6. The molecule has 0 spiro atoms. The van der Waals surface area contributed by atoms with Crippen molar-refractivity contribution in [3.05, 3.63) is 0 Å². The Labute approximate surface area is 232 Å². The van der Waals surface area contributed by atoms with Crippen LogP contribution in [0.5, 0.6) is 0 Å². The summed E-state index contributed by atoms with van der Waals surface area (Å²) in [5.41, 5.74) is -1.36. The number of nitrogens with one attached hydrogen (secondary N) is 3. The van der Waals surface area contributed by atoms with Crippen LogP contribution in [0.15, 0.2) is 0 Å². The Balaban J connectivity index is 1.62. The SMILES string of the molecule is CC(C)(C)[C@H](NC(=O)C(F)(F)C(F)(F)F)C(=O)N1C[C@@H]2[C@H]3C[C@@H]([C@@H]2[C@H]1C(=O)N[C@H](C#N)C[C@@H]1CCNC1=O)[C@H](F)C3. The fraction of sp³-hybridized carbons (Fsp3) is 0.808. The number of likely N-dealkylation sites (tertiary alicyclic amines) is 1. The van der Waals surface area contributed by atoms with Gasteiger partial charge in [0.2, 0.25) is 17.7 Å². The van der Waals surface area contributed by atoms with Crippen LogP contribution in [0, 0.1) is 46.3 Å². The Morgan fingerprint density at radius 1 is 1.10 bits per heavy atom. The van der Waals surface area contributed by atoms with E-state index in [1.165, 1.54) is 20.8 Å². The van der Waals surface area contributed by atoms with Crippen molar-refractivity contribution in [3.8, 4) is 6.07 Å². The van der Waals surface area contributed by atoms with Crippen LogP contribution >= 0.6 is 0 Å². The molecule has 4 fully saturated rings. The summed E-state index contributed by atoms with van der Waals surface area (Å²) in [5.74, 6) is -12.9. The fourth-order valence-electron chi connectivity index (χ4n) is 6.99. The van der Waals surface area contributed by atoms with Crippen LogP contribution in [0.25, 0.3) is 0 Å². The summed E-state index contributed by atoms with van der Waals surface area (Å²) in [6, 6.07) is -2.44. The second kappa shape index (κ2) is 10.7. The molecule has 0 radical (unpaired) electrons. The van der Waals surface area contributed by atoms with Gasteiger partial charge in [0.25, 0.3) is 0 Å². The fourth-order valence-corrected chi connectivity index (χ4v) is 6.99. The lowest BCUT2D eigenvalue weighted by Gasteiger charge is -2.37. The highest BCUT2D eigenvalue weighted by molar-refractivity contribution is 5.95. The molecule has 4 amide bonds. The Morgan fingerprint density at radius 2 is 1.76 bits per heavy atom. The van der Waals surface area contributed by atoms with E-state index < -0.39 is 77.3 Å². The van der Waals surface area contributed by atoms with Crippen LogP contribution in [0.1, 0.15) is 46.5 Å². The van der Waals surface area contributed by atoms with Gasteiger partial charge in [0, 0.05) is 19.0 Å². The Kier molecular flexibility index (Phi) is 8.03. The molecule has 0 aromatic heterocycles. The molecule has 4 rings (SSSR count). The molecule has 15 heteroatoms. The van der Waals surface area contributed by atoms with Crippen LogP contribution in [-0.2, 0) is 19.2 Å². The van der Waals surface area contributed by atoms with Crippen molar-refractivity contribution in [2.24, 2.45) is 35.0 Å². The molecule has 2 aliphatic heterocycles. The van der Waals surface area contributed by atoms with Gasteiger partial charge in [-0.1, -0.05) is 20.8 Å². The van der Waals surface area contributed by atoms with E-state index in [1.807, 2.05) is 6.07 Å². The maximum absolute atomic E-state index is 14.8. The van der Waals surface area contributed by atoms with Gasteiger partial charge in [-0.25, -0.2) is 4.39 Å². The molecule has 4 aliphatic rings. The summed E-state index contributed by atoms with van der Waals surface area (Å²) in [6.45, 7) is 4.39. The average molecular weight is 594 g/mol. The monoisotopic (exact) mass is 593 g/mol. The standard InChI is InChI=1S/C26H33F6N5O4/c1-24(2,3)19(36-23(41)25(28,29)26(30,31)32)22(40)37-10-15-12-7-14(16(27)8-12)17(15)18(37)21(39)35-13(9-33)6-11-4-5-34-20(11)38/h11-19H,4-8,10H2,1-3H3,(H,34,38)(H,35,39)(H,36,41)/t11-,12-,13-,14+,15+,16+,17-,18-,19+/m0/s1. The number of alkyl halides is 6. The van der Waals surface area contributed by atoms with E-state index in [4.69, 9.17) is 0 Å². The number of rotatable bonds is 7. The van der Waals surface area contributed by atoms with Crippen molar-refractivity contribution in [2.75, 3.05) is 13.1 Å². The minimum Gasteiger partial charge on any atom is -0.356 e. The van der Waals surface area contributed by atoms with E-state index in [1.54, 1.807) is 5.32 Å². The lowest BCUT2D eigenvalue weighted by atomic mass is 9.77. The number of amides is 4. The van der Waals surface area contributed by atoms with Crippen LogP contribution < -0.4 is 16.0 Å². The second-order valence-electron chi connectivity index (χ2n) is 12.6. The minimum absolute atomic E-state index is 0.00613. The molecule has 2 heterocycles. The molecular formula is C26H33F6N5O4. The summed E-state index contributed by atoms with van der Waals surface area (Å²) in [4.78, 5) is 52.6. The average Bonchev–Trinajstić information content (AvgIpc) is 3.61. The van der Waals surface area contributed by atoms with E-state index >= 15 is 0 Å². The number of hydrogen-bond donors (Lipinski definition) is 3. The molecule has 2 saturated heterocycles. The molecule has 2 saturated carbocycles. The van der Waals surface area contributed by atoms with E-state index in [-0.39, 0.29) is 37.1 Å². The van der Waals surface area contributed by atoms with Crippen LogP contribution in [0.3, 0.4) is 0 Å². The molecule has 0 unspecified atom stereocenters. The normalized spacial score (nSPS) is 32.6. The molecule has 0 aromatic rings. The zero-order chi connectivity index (χ0) is 30.7. The van der Waals surface area contributed by atoms with Crippen molar-refractivity contribution in [1.29, 1.82) is 5.26 Å². The lowest BCUT2D eigenvalue weighted by Crippen LogP contribution is -2.62. The molecular weight excluding hydrogens is 560 g/mol. The summed E-state index contributed by atoms with van der Waals surface area (Å²) in [7, 11) is 0. The topological polar surface area (TPSA) is 131 Å². The number of nitriles is 1. The van der Waals surface area contributed by atoms with Gasteiger partial charge in [0.15, 0.2) is 0 Å². The number of hydrogen-bond acceptors (Lipinski definition) is 5. The zero-order valence-corrected chi connectivity index (χ0v) is 22.7. The highest BCUT2D eigenvalue weighted by Gasteiger charge is 2.66. The van der Waals surface area contributed by atoms with E-state index in [9.17, 15) is 50.8 Å². The first-order valence-corrected chi connectivity index (χ1v) is 13.6. The highest BCUT2D eigenvalue weighted by Crippen LogP contribution is 2.58. The first kappa shape index (κ1) is 30.9. The van der Waals surface area contributed by atoms with Crippen LogP contribution in [0.2, 0.25) is 0 Å². The van der Waals surface area contributed by atoms with Gasteiger partial charge < -0.3 is 20.9 Å². The van der Waals surface area contributed by atoms with Gasteiger partial charge in [0.1, 0.15) is 24.3 Å².